The summed E-state index contributed by atoms with van der Waals surface area (Å²) in [5.74, 6) is 0. The molecule has 0 aliphatic carbocycles. The monoisotopic (exact) mass is 277 g/mol. The molecule has 6 nitrogen and oxygen atoms in total. The van der Waals surface area contributed by atoms with Crippen molar-refractivity contribution in [2.45, 2.75) is 20.8 Å². The number of aromatic nitrogens is 2. The number of rotatable bonds is 1. The number of benzene rings is 1. The Hall–Kier alpha value is -2.24. The molecule has 1 heterocycles. The van der Waals surface area contributed by atoms with E-state index in [4.69, 9.17) is 0 Å². The van der Waals surface area contributed by atoms with Gasteiger partial charge in [0.05, 0.1) is 10.9 Å². The molecule has 1 N–H and O–H groups in total. The fourth-order valence-corrected chi connectivity index (χ4v) is 2.91. The van der Waals surface area contributed by atoms with Gasteiger partial charge in [-0.25, -0.2) is 4.79 Å². The quantitative estimate of drug-likeness (QED) is 0.787. The molecule has 0 radical (unpaired) electrons. The second-order valence-electron chi connectivity index (χ2n) is 5.30. The first-order valence-electron chi connectivity index (χ1n) is 6.32. The third-order valence-electron chi connectivity index (χ3n) is 3.90. The molecule has 1 aromatic heterocycles. The van der Waals surface area contributed by atoms with Gasteiger partial charge in [-0.2, -0.15) is 0 Å². The Bertz CT molecular complexity index is 829. The van der Waals surface area contributed by atoms with E-state index in [1.807, 2.05) is 39.8 Å². The van der Waals surface area contributed by atoms with Gasteiger partial charge in [-0.1, -0.05) is 4.73 Å². The molecule has 20 heavy (non-hydrogen) atoms. The molecule has 108 valence electrons. The van der Waals surface area contributed by atoms with E-state index in [-0.39, 0.29) is 4.73 Å². The summed E-state index contributed by atoms with van der Waals surface area (Å²) in [6, 6.07) is 0. The zero-order chi connectivity index (χ0) is 15.4. The highest BCUT2D eigenvalue weighted by atomic mass is 16.5. The first-order chi connectivity index (χ1) is 9.20. The highest BCUT2D eigenvalue weighted by Gasteiger charge is 2.20. The number of hydrogen-bond donors (Lipinski definition) is 1. The molecule has 0 saturated carbocycles. The molecule has 0 fully saturated rings. The van der Waals surface area contributed by atoms with E-state index in [2.05, 4.69) is 0 Å². The van der Waals surface area contributed by atoms with Crippen molar-refractivity contribution < 1.29 is 5.21 Å². The maximum atomic E-state index is 12.2. The molecule has 0 bridgehead atoms. The van der Waals surface area contributed by atoms with Gasteiger partial charge in [0.25, 0.3) is 5.56 Å². The molecular weight excluding hydrogens is 258 g/mol. The number of hydrogen-bond acceptors (Lipinski definition) is 4. The third kappa shape index (κ3) is 1.64. The van der Waals surface area contributed by atoms with E-state index >= 15 is 0 Å². The molecule has 0 amide bonds. The van der Waals surface area contributed by atoms with Crippen molar-refractivity contribution in [2.75, 3.05) is 19.0 Å². The van der Waals surface area contributed by atoms with E-state index in [0.29, 0.717) is 10.9 Å². The topological polar surface area (TPSA) is 67.5 Å². The van der Waals surface area contributed by atoms with Crippen LogP contribution in [0.25, 0.3) is 10.9 Å². The Morgan fingerprint density at radius 3 is 2.05 bits per heavy atom. The van der Waals surface area contributed by atoms with Crippen molar-refractivity contribution in [3.8, 4) is 0 Å². The van der Waals surface area contributed by atoms with Gasteiger partial charge in [0.15, 0.2) is 0 Å². The lowest BCUT2D eigenvalue weighted by Crippen LogP contribution is -2.38. The van der Waals surface area contributed by atoms with Gasteiger partial charge in [-0.3, -0.25) is 9.36 Å². The van der Waals surface area contributed by atoms with Gasteiger partial charge in [0, 0.05) is 26.8 Å². The summed E-state index contributed by atoms with van der Waals surface area (Å²) in [5, 5.41) is 10.0. The van der Waals surface area contributed by atoms with Crippen molar-refractivity contribution in [1.82, 2.24) is 9.30 Å². The van der Waals surface area contributed by atoms with Crippen LogP contribution in [0.2, 0.25) is 0 Å². The molecular formula is C14H19N3O3. The Morgan fingerprint density at radius 1 is 1.00 bits per heavy atom. The molecule has 6 heteroatoms. The van der Waals surface area contributed by atoms with Crippen LogP contribution in [0.1, 0.15) is 16.7 Å². The Kier molecular flexibility index (Phi) is 3.12. The van der Waals surface area contributed by atoms with Crippen molar-refractivity contribution in [3.63, 3.8) is 0 Å². The summed E-state index contributed by atoms with van der Waals surface area (Å²) in [5.41, 5.74) is 2.74. The summed E-state index contributed by atoms with van der Waals surface area (Å²) < 4.78 is 1.48. The Morgan fingerprint density at radius 2 is 1.55 bits per heavy atom. The number of nitrogens with zero attached hydrogens (tertiary/aromatic N) is 3. The second-order valence-corrected chi connectivity index (χ2v) is 5.30. The van der Waals surface area contributed by atoms with Crippen molar-refractivity contribution in [2.24, 2.45) is 7.05 Å². The second kappa shape index (κ2) is 4.40. The lowest BCUT2D eigenvalue weighted by molar-refractivity contribution is 0.158. The zero-order valence-electron chi connectivity index (χ0n) is 12.6. The molecule has 0 spiro atoms. The van der Waals surface area contributed by atoms with E-state index in [1.165, 1.54) is 4.57 Å². The SMILES string of the molecule is Cc1c(N(C)C)c(C)c2c(c1C)c(=O)n(O)c(=O)n2C. The van der Waals surface area contributed by atoms with Gasteiger partial charge in [-0.05, 0) is 37.5 Å². The van der Waals surface area contributed by atoms with Crippen molar-refractivity contribution >= 4 is 16.6 Å². The molecule has 0 aliphatic rings. The van der Waals surface area contributed by atoms with E-state index < -0.39 is 11.2 Å². The standard InChI is InChI=1S/C14H19N3O3/c1-7-8(2)11(15(4)5)9(3)12-10(7)13(18)17(20)14(19)16(12)6/h20H,1-6H3. The maximum absolute atomic E-state index is 12.2. The van der Waals surface area contributed by atoms with Gasteiger partial charge in [0.1, 0.15) is 0 Å². The van der Waals surface area contributed by atoms with Crippen LogP contribution in [0.3, 0.4) is 0 Å². The van der Waals surface area contributed by atoms with Crippen LogP contribution in [0, 0.1) is 20.8 Å². The molecule has 0 unspecified atom stereocenters. The zero-order valence-corrected chi connectivity index (χ0v) is 12.6. The minimum Gasteiger partial charge on any atom is -0.421 e. The lowest BCUT2D eigenvalue weighted by atomic mass is 9.97. The fourth-order valence-electron chi connectivity index (χ4n) is 2.91. The minimum atomic E-state index is -0.737. The molecule has 2 rings (SSSR count). The van der Waals surface area contributed by atoms with Crippen LogP contribution in [0.4, 0.5) is 5.69 Å². The lowest BCUT2D eigenvalue weighted by Gasteiger charge is -2.23. The highest BCUT2D eigenvalue weighted by molar-refractivity contribution is 5.91. The average Bonchev–Trinajstić information content (AvgIpc) is 2.37. The Labute approximate surface area is 116 Å². The summed E-state index contributed by atoms with van der Waals surface area (Å²) >= 11 is 0. The van der Waals surface area contributed by atoms with Crippen LogP contribution in [-0.4, -0.2) is 28.6 Å². The molecule has 0 atom stereocenters. The van der Waals surface area contributed by atoms with Crippen LogP contribution < -0.4 is 16.1 Å². The van der Waals surface area contributed by atoms with Crippen LogP contribution >= 0.6 is 0 Å². The molecule has 2 aromatic rings. The summed E-state index contributed by atoms with van der Waals surface area (Å²) in [6.07, 6.45) is 0. The van der Waals surface area contributed by atoms with Crippen LogP contribution in [0.5, 0.6) is 0 Å². The Balaban J connectivity index is 3.27. The maximum Gasteiger partial charge on any atom is 0.364 e. The summed E-state index contributed by atoms with van der Waals surface area (Å²) in [4.78, 5) is 26.1. The summed E-state index contributed by atoms with van der Waals surface area (Å²) in [7, 11) is 5.40. The normalized spacial score (nSPS) is 11.1. The molecule has 1 aromatic carbocycles. The third-order valence-corrected chi connectivity index (χ3v) is 3.90. The largest absolute Gasteiger partial charge is 0.421 e. The highest BCUT2D eigenvalue weighted by Crippen LogP contribution is 2.32. The van der Waals surface area contributed by atoms with Crippen LogP contribution in [0.15, 0.2) is 9.59 Å². The molecule has 0 aliphatic heterocycles. The average molecular weight is 277 g/mol. The van der Waals surface area contributed by atoms with Crippen molar-refractivity contribution in [3.05, 3.63) is 37.5 Å². The smallest absolute Gasteiger partial charge is 0.364 e. The fraction of sp³-hybridized carbons (Fsp3) is 0.429. The minimum absolute atomic E-state index is 0.170. The van der Waals surface area contributed by atoms with E-state index in [1.54, 1.807) is 7.05 Å². The first kappa shape index (κ1) is 14.2. The number of fused-ring (bicyclic) bond motifs is 1. The predicted molar refractivity (Wildman–Crippen MR) is 79.2 cm³/mol. The van der Waals surface area contributed by atoms with E-state index in [0.717, 1.165) is 22.4 Å². The van der Waals surface area contributed by atoms with Gasteiger partial charge >= 0.3 is 5.69 Å². The van der Waals surface area contributed by atoms with Gasteiger partial charge < -0.3 is 10.1 Å². The van der Waals surface area contributed by atoms with E-state index in [9.17, 15) is 14.8 Å². The van der Waals surface area contributed by atoms with Gasteiger partial charge in [0.2, 0.25) is 0 Å². The number of anilines is 1. The molecule has 0 saturated heterocycles. The number of aryl methyl sites for hydroxylation is 3. The van der Waals surface area contributed by atoms with Gasteiger partial charge in [-0.15, -0.1) is 0 Å². The van der Waals surface area contributed by atoms with Crippen LogP contribution in [-0.2, 0) is 7.05 Å². The summed E-state index contributed by atoms with van der Waals surface area (Å²) in [6.45, 7) is 5.64. The van der Waals surface area contributed by atoms with Crippen molar-refractivity contribution in [1.29, 1.82) is 0 Å². The first-order valence-corrected chi connectivity index (χ1v) is 6.32. The predicted octanol–water partition coefficient (Wildman–Crippen LogP) is 0.929.